The Hall–Kier alpha value is -2.82. The number of rotatable bonds is 3. The van der Waals surface area contributed by atoms with Crippen molar-refractivity contribution in [3.63, 3.8) is 0 Å². The minimum absolute atomic E-state index is 0.0283. The van der Waals surface area contributed by atoms with E-state index in [0.717, 1.165) is 30.4 Å². The molecule has 146 valence electrons. The Balaban J connectivity index is 1.56. The number of carboxylic acid groups (broad SMARTS) is 1. The van der Waals surface area contributed by atoms with E-state index in [2.05, 4.69) is 24.3 Å². The number of carbonyl (C=O) groups excluding carboxylic acids is 1. The zero-order valence-corrected chi connectivity index (χ0v) is 16.1. The summed E-state index contributed by atoms with van der Waals surface area (Å²) in [5, 5.41) is 9.73. The third-order valence-electron chi connectivity index (χ3n) is 6.16. The second kappa shape index (κ2) is 7.30. The summed E-state index contributed by atoms with van der Waals surface area (Å²) in [6.07, 6.45) is 2.44. The van der Waals surface area contributed by atoms with Gasteiger partial charge in [0, 0.05) is 12.5 Å². The fourth-order valence-corrected chi connectivity index (χ4v) is 4.48. The Morgan fingerprint density at radius 1 is 1.04 bits per heavy atom. The highest BCUT2D eigenvalue weighted by Gasteiger charge is 2.44. The number of carbonyl (C=O) groups is 2. The van der Waals surface area contributed by atoms with Gasteiger partial charge in [-0.25, -0.2) is 9.59 Å². The fourth-order valence-electron chi connectivity index (χ4n) is 4.48. The van der Waals surface area contributed by atoms with E-state index in [1.54, 1.807) is 6.92 Å². The highest BCUT2D eigenvalue weighted by atomic mass is 16.6. The molecular weight excluding hydrogens is 354 g/mol. The molecule has 2 aliphatic rings. The van der Waals surface area contributed by atoms with Crippen LogP contribution < -0.4 is 0 Å². The van der Waals surface area contributed by atoms with Gasteiger partial charge in [0.15, 0.2) is 0 Å². The molecule has 2 aromatic carbocycles. The van der Waals surface area contributed by atoms with Gasteiger partial charge < -0.3 is 9.84 Å². The molecular formula is C23H25NO4. The monoisotopic (exact) mass is 379 g/mol. The van der Waals surface area contributed by atoms with E-state index in [-0.39, 0.29) is 12.5 Å². The summed E-state index contributed by atoms with van der Waals surface area (Å²) in [4.78, 5) is 26.2. The number of nitrogens with zero attached hydrogens (tertiary/aromatic N) is 1. The summed E-state index contributed by atoms with van der Waals surface area (Å²) in [6, 6.07) is 16.3. The standard InChI is InChI=1S/C23H25NO4/c1-23(21(25)26)13-7-2-8-14-24(23)22(27)28-15-20-18-11-5-3-9-16(18)17-10-4-6-12-19(17)20/h3-6,9-12,20H,2,7-8,13-15H2,1H3,(H,25,26). The van der Waals surface area contributed by atoms with E-state index in [1.807, 2.05) is 24.3 Å². The van der Waals surface area contributed by atoms with Crippen LogP contribution in [0.3, 0.4) is 0 Å². The number of hydrogen-bond acceptors (Lipinski definition) is 3. The zero-order valence-electron chi connectivity index (χ0n) is 16.1. The third-order valence-corrected chi connectivity index (χ3v) is 6.16. The Morgan fingerprint density at radius 2 is 1.64 bits per heavy atom. The number of amides is 1. The van der Waals surface area contributed by atoms with Gasteiger partial charge in [-0.1, -0.05) is 61.4 Å². The molecule has 0 bridgehead atoms. The molecule has 1 fully saturated rings. The predicted octanol–water partition coefficient (Wildman–Crippen LogP) is 4.65. The molecule has 28 heavy (non-hydrogen) atoms. The number of aliphatic carboxylic acids is 1. The molecule has 5 nitrogen and oxygen atoms in total. The van der Waals surface area contributed by atoms with E-state index >= 15 is 0 Å². The minimum Gasteiger partial charge on any atom is -0.480 e. The van der Waals surface area contributed by atoms with E-state index in [0.29, 0.717) is 13.0 Å². The SMILES string of the molecule is CC1(C(=O)O)CCCCCN1C(=O)OCC1c2ccccc2-c2ccccc21. The summed E-state index contributed by atoms with van der Waals surface area (Å²) in [5.41, 5.74) is 3.43. The van der Waals surface area contributed by atoms with Crippen molar-refractivity contribution < 1.29 is 19.4 Å². The average Bonchev–Trinajstić information content (AvgIpc) is 2.87. The van der Waals surface area contributed by atoms with Gasteiger partial charge in [0.05, 0.1) is 0 Å². The maximum absolute atomic E-state index is 12.9. The van der Waals surface area contributed by atoms with Crippen molar-refractivity contribution in [2.75, 3.05) is 13.2 Å². The molecule has 0 radical (unpaired) electrons. The van der Waals surface area contributed by atoms with Gasteiger partial charge in [-0.3, -0.25) is 4.90 Å². The van der Waals surface area contributed by atoms with Crippen LogP contribution in [0.5, 0.6) is 0 Å². The lowest BCUT2D eigenvalue weighted by molar-refractivity contribution is -0.149. The van der Waals surface area contributed by atoms with Crippen LogP contribution in [0.15, 0.2) is 48.5 Å². The molecule has 1 N–H and O–H groups in total. The topological polar surface area (TPSA) is 66.8 Å². The zero-order chi connectivity index (χ0) is 19.7. The van der Waals surface area contributed by atoms with Crippen LogP contribution >= 0.6 is 0 Å². The highest BCUT2D eigenvalue weighted by Crippen LogP contribution is 2.44. The van der Waals surface area contributed by atoms with Crippen molar-refractivity contribution in [3.05, 3.63) is 59.7 Å². The lowest BCUT2D eigenvalue weighted by Crippen LogP contribution is -2.54. The molecule has 5 heteroatoms. The van der Waals surface area contributed by atoms with Crippen molar-refractivity contribution in [2.45, 2.75) is 44.1 Å². The number of fused-ring (bicyclic) bond motifs is 3. The van der Waals surface area contributed by atoms with Crippen LogP contribution in [-0.2, 0) is 9.53 Å². The molecule has 0 spiro atoms. The number of carboxylic acids is 1. The molecule has 1 saturated heterocycles. The summed E-state index contributed by atoms with van der Waals surface area (Å²) in [6.45, 7) is 2.25. The summed E-state index contributed by atoms with van der Waals surface area (Å²) < 4.78 is 5.70. The van der Waals surface area contributed by atoms with E-state index in [1.165, 1.54) is 16.0 Å². The quantitative estimate of drug-likeness (QED) is 0.843. The van der Waals surface area contributed by atoms with Crippen LogP contribution in [0.2, 0.25) is 0 Å². The van der Waals surface area contributed by atoms with Crippen molar-refractivity contribution >= 4 is 12.1 Å². The molecule has 1 unspecified atom stereocenters. The number of ether oxygens (including phenoxy) is 1. The van der Waals surface area contributed by atoms with Crippen LogP contribution in [0, 0.1) is 0 Å². The van der Waals surface area contributed by atoms with Crippen LogP contribution in [-0.4, -0.2) is 40.8 Å². The summed E-state index contributed by atoms with van der Waals surface area (Å²) in [7, 11) is 0. The molecule has 1 atom stereocenters. The van der Waals surface area contributed by atoms with Gasteiger partial charge >= 0.3 is 12.1 Å². The van der Waals surface area contributed by atoms with E-state index in [9.17, 15) is 14.7 Å². The second-order valence-corrected chi connectivity index (χ2v) is 7.85. The average molecular weight is 379 g/mol. The molecule has 2 aromatic rings. The molecule has 1 amide bonds. The van der Waals surface area contributed by atoms with Crippen molar-refractivity contribution in [1.29, 1.82) is 0 Å². The number of likely N-dealkylation sites (tertiary alicyclic amines) is 1. The molecule has 0 saturated carbocycles. The molecule has 1 aliphatic heterocycles. The molecule has 1 aliphatic carbocycles. The van der Waals surface area contributed by atoms with Gasteiger partial charge in [0.1, 0.15) is 12.1 Å². The van der Waals surface area contributed by atoms with Gasteiger partial charge in [-0.2, -0.15) is 0 Å². The highest BCUT2D eigenvalue weighted by molar-refractivity contribution is 5.84. The molecule has 0 aromatic heterocycles. The van der Waals surface area contributed by atoms with Crippen LogP contribution in [0.1, 0.15) is 49.7 Å². The normalized spacial score (nSPS) is 21.5. The first-order valence-corrected chi connectivity index (χ1v) is 9.88. The lowest BCUT2D eigenvalue weighted by Gasteiger charge is -2.35. The Labute approximate surface area is 164 Å². The maximum Gasteiger partial charge on any atom is 0.410 e. The summed E-state index contributed by atoms with van der Waals surface area (Å²) >= 11 is 0. The first kappa shape index (κ1) is 18.5. The second-order valence-electron chi connectivity index (χ2n) is 7.85. The molecule has 4 rings (SSSR count). The van der Waals surface area contributed by atoms with Gasteiger partial charge in [0.25, 0.3) is 0 Å². The Kier molecular flexibility index (Phi) is 4.84. The van der Waals surface area contributed by atoms with Gasteiger partial charge in [-0.05, 0) is 42.0 Å². The first-order chi connectivity index (χ1) is 13.5. The van der Waals surface area contributed by atoms with Crippen molar-refractivity contribution in [3.8, 4) is 11.1 Å². The lowest BCUT2D eigenvalue weighted by atomic mass is 9.95. The summed E-state index contributed by atoms with van der Waals surface area (Å²) in [5.74, 6) is -0.998. The predicted molar refractivity (Wildman–Crippen MR) is 106 cm³/mol. The smallest absolute Gasteiger partial charge is 0.410 e. The van der Waals surface area contributed by atoms with E-state index < -0.39 is 17.6 Å². The fraction of sp³-hybridized carbons (Fsp3) is 0.391. The number of hydrogen-bond donors (Lipinski definition) is 1. The first-order valence-electron chi connectivity index (χ1n) is 9.88. The molecule has 1 heterocycles. The van der Waals surface area contributed by atoms with Crippen LogP contribution in [0.25, 0.3) is 11.1 Å². The third kappa shape index (κ3) is 3.05. The van der Waals surface area contributed by atoms with Gasteiger partial charge in [-0.15, -0.1) is 0 Å². The number of benzene rings is 2. The van der Waals surface area contributed by atoms with Crippen molar-refractivity contribution in [2.24, 2.45) is 0 Å². The minimum atomic E-state index is -1.21. The largest absolute Gasteiger partial charge is 0.480 e. The van der Waals surface area contributed by atoms with E-state index in [4.69, 9.17) is 4.74 Å². The Bertz CT molecular complexity index is 863. The Morgan fingerprint density at radius 3 is 2.25 bits per heavy atom. The van der Waals surface area contributed by atoms with Crippen molar-refractivity contribution in [1.82, 2.24) is 4.90 Å². The van der Waals surface area contributed by atoms with Gasteiger partial charge in [0.2, 0.25) is 0 Å². The van der Waals surface area contributed by atoms with Crippen LogP contribution in [0.4, 0.5) is 4.79 Å². The maximum atomic E-state index is 12.9.